The molecule has 0 spiro atoms. The zero-order valence-corrected chi connectivity index (χ0v) is 13.8. The van der Waals surface area contributed by atoms with E-state index in [4.69, 9.17) is 16.3 Å². The van der Waals surface area contributed by atoms with Gasteiger partial charge in [0, 0.05) is 24.7 Å². The number of hydrogen-bond donors (Lipinski definition) is 2. The third kappa shape index (κ3) is 9.50. The van der Waals surface area contributed by atoms with Gasteiger partial charge < -0.3 is 20.1 Å². The second kappa shape index (κ2) is 10.5. The largest absolute Gasteiger partial charge is 0.482 e. The van der Waals surface area contributed by atoms with Crippen LogP contribution in [-0.2, 0) is 9.53 Å². The number of hydrogen-bond acceptors (Lipinski definition) is 4. The Morgan fingerprint density at radius 2 is 2.04 bits per heavy atom. The van der Waals surface area contributed by atoms with Gasteiger partial charge in [0.1, 0.15) is 5.75 Å². The highest BCUT2D eigenvalue weighted by Crippen LogP contribution is 2.29. The van der Waals surface area contributed by atoms with Crippen molar-refractivity contribution in [2.24, 2.45) is 0 Å². The van der Waals surface area contributed by atoms with E-state index in [0.717, 1.165) is 0 Å². The van der Waals surface area contributed by atoms with E-state index in [2.05, 4.69) is 15.4 Å². The summed E-state index contributed by atoms with van der Waals surface area (Å²) in [4.78, 5) is 11.7. The number of ether oxygens (including phenoxy) is 2. The van der Waals surface area contributed by atoms with Crippen LogP contribution in [0.15, 0.2) is 18.2 Å². The monoisotopic (exact) mass is 376 g/mol. The number of halogens is 5. The molecule has 0 atom stereocenters. The van der Waals surface area contributed by atoms with E-state index in [1.165, 1.54) is 25.3 Å². The molecule has 0 saturated heterocycles. The van der Waals surface area contributed by atoms with Crippen molar-refractivity contribution in [3.8, 4) is 5.75 Å². The molecule has 1 aromatic rings. The minimum atomic E-state index is -4.48. The summed E-state index contributed by atoms with van der Waals surface area (Å²) < 4.78 is 46.1. The Balaban J connectivity index is 0.00000484. The SMILES string of the molecule is COCCNCC(=O)Nc1ccc(Cl)cc1OCC(F)(F)F.Cl. The lowest BCUT2D eigenvalue weighted by atomic mass is 10.3. The fourth-order valence-corrected chi connectivity index (χ4v) is 1.61. The standard InChI is InChI=1S/C13H16ClF3N2O3.ClH/c1-21-5-4-18-7-12(20)19-10-3-2-9(14)6-11(10)22-8-13(15,16)17;/h2-3,6,18H,4-5,7-8H2,1H3,(H,19,20);1H. The molecule has 1 amide bonds. The minimum absolute atomic E-state index is 0. The second-order valence-corrected chi connectivity index (χ2v) is 4.70. The van der Waals surface area contributed by atoms with E-state index in [0.29, 0.717) is 13.2 Å². The van der Waals surface area contributed by atoms with E-state index in [1.54, 1.807) is 0 Å². The van der Waals surface area contributed by atoms with Gasteiger partial charge in [-0.25, -0.2) is 0 Å². The molecule has 1 aromatic carbocycles. The Morgan fingerprint density at radius 3 is 2.65 bits per heavy atom. The van der Waals surface area contributed by atoms with Crippen LogP contribution in [0, 0.1) is 0 Å². The number of anilines is 1. The number of rotatable bonds is 8. The van der Waals surface area contributed by atoms with Crippen LogP contribution in [0.2, 0.25) is 5.02 Å². The first-order chi connectivity index (χ1) is 10.3. The molecule has 2 N–H and O–H groups in total. The molecule has 132 valence electrons. The molecule has 0 aliphatic carbocycles. The third-order valence-corrected chi connectivity index (χ3v) is 2.61. The Labute approximate surface area is 142 Å². The number of alkyl halides is 3. The van der Waals surface area contributed by atoms with E-state index in [9.17, 15) is 18.0 Å². The maximum Gasteiger partial charge on any atom is 0.422 e. The second-order valence-electron chi connectivity index (χ2n) is 4.26. The summed E-state index contributed by atoms with van der Waals surface area (Å²) in [6, 6.07) is 4.03. The summed E-state index contributed by atoms with van der Waals surface area (Å²) in [5, 5.41) is 5.47. The lowest BCUT2D eigenvalue weighted by Crippen LogP contribution is -2.30. The topological polar surface area (TPSA) is 59.6 Å². The number of amides is 1. The molecule has 0 heterocycles. The van der Waals surface area contributed by atoms with Gasteiger partial charge in [0.05, 0.1) is 18.8 Å². The van der Waals surface area contributed by atoms with Crippen molar-refractivity contribution < 1.29 is 27.4 Å². The number of nitrogens with one attached hydrogen (secondary N) is 2. The van der Waals surface area contributed by atoms with Crippen molar-refractivity contribution in [2.75, 3.05) is 38.7 Å². The molecule has 0 fully saturated rings. The van der Waals surface area contributed by atoms with Gasteiger partial charge in [-0.3, -0.25) is 4.79 Å². The van der Waals surface area contributed by atoms with Crippen LogP contribution in [0.1, 0.15) is 0 Å². The molecule has 0 aromatic heterocycles. The van der Waals surface area contributed by atoms with Gasteiger partial charge in [0.2, 0.25) is 5.91 Å². The number of carbonyl (C=O) groups excluding carboxylic acids is 1. The van der Waals surface area contributed by atoms with Crippen molar-refractivity contribution >= 4 is 35.6 Å². The molecule has 0 saturated carbocycles. The van der Waals surface area contributed by atoms with Gasteiger partial charge in [-0.2, -0.15) is 13.2 Å². The average molecular weight is 377 g/mol. The van der Waals surface area contributed by atoms with Gasteiger partial charge >= 0.3 is 6.18 Å². The molecular weight excluding hydrogens is 360 g/mol. The molecule has 1 rings (SSSR count). The number of carbonyl (C=O) groups is 1. The zero-order chi connectivity index (χ0) is 16.6. The van der Waals surface area contributed by atoms with Crippen LogP contribution in [0.5, 0.6) is 5.75 Å². The summed E-state index contributed by atoms with van der Waals surface area (Å²) in [5.41, 5.74) is 0.118. The lowest BCUT2D eigenvalue weighted by Gasteiger charge is -2.14. The number of methoxy groups -OCH3 is 1. The van der Waals surface area contributed by atoms with E-state index in [-0.39, 0.29) is 35.4 Å². The molecule has 0 radical (unpaired) electrons. The molecule has 0 unspecified atom stereocenters. The highest BCUT2D eigenvalue weighted by Gasteiger charge is 2.29. The predicted octanol–water partition coefficient (Wildman–Crippen LogP) is 2.88. The Kier molecular flexibility index (Phi) is 9.98. The molecule has 10 heteroatoms. The third-order valence-electron chi connectivity index (χ3n) is 2.38. The van der Waals surface area contributed by atoms with Crippen molar-refractivity contribution in [1.29, 1.82) is 0 Å². The van der Waals surface area contributed by atoms with Gasteiger partial charge in [-0.15, -0.1) is 12.4 Å². The van der Waals surface area contributed by atoms with Crippen molar-refractivity contribution in [1.82, 2.24) is 5.32 Å². The quantitative estimate of drug-likeness (QED) is 0.685. The fraction of sp³-hybridized carbons (Fsp3) is 0.462. The average Bonchev–Trinajstić information content (AvgIpc) is 2.43. The maximum atomic E-state index is 12.2. The molecule has 23 heavy (non-hydrogen) atoms. The maximum absolute atomic E-state index is 12.2. The van der Waals surface area contributed by atoms with Gasteiger partial charge in [-0.1, -0.05) is 11.6 Å². The van der Waals surface area contributed by atoms with Crippen LogP contribution < -0.4 is 15.4 Å². The highest BCUT2D eigenvalue weighted by molar-refractivity contribution is 6.30. The Bertz CT molecular complexity index is 502. The van der Waals surface area contributed by atoms with Crippen molar-refractivity contribution in [3.63, 3.8) is 0 Å². The van der Waals surface area contributed by atoms with E-state index in [1.807, 2.05) is 0 Å². The van der Waals surface area contributed by atoms with E-state index >= 15 is 0 Å². The summed E-state index contributed by atoms with van der Waals surface area (Å²) in [6.07, 6.45) is -4.48. The summed E-state index contributed by atoms with van der Waals surface area (Å²) in [5.74, 6) is -0.564. The Hall–Kier alpha value is -1.22. The molecular formula is C13H17Cl2F3N2O3. The van der Waals surface area contributed by atoms with E-state index < -0.39 is 18.7 Å². The van der Waals surface area contributed by atoms with Gasteiger partial charge in [-0.05, 0) is 12.1 Å². The zero-order valence-electron chi connectivity index (χ0n) is 12.2. The van der Waals surface area contributed by atoms with Crippen molar-refractivity contribution in [3.05, 3.63) is 23.2 Å². The molecule has 0 bridgehead atoms. The molecule has 0 aliphatic rings. The van der Waals surface area contributed by atoms with Crippen LogP contribution in [-0.4, -0.2) is 45.5 Å². The van der Waals surface area contributed by atoms with Crippen LogP contribution in [0.4, 0.5) is 18.9 Å². The first-order valence-corrected chi connectivity index (χ1v) is 6.68. The van der Waals surface area contributed by atoms with Crippen molar-refractivity contribution in [2.45, 2.75) is 6.18 Å². The Morgan fingerprint density at radius 1 is 1.35 bits per heavy atom. The molecule has 0 aliphatic heterocycles. The molecule has 5 nitrogen and oxygen atoms in total. The van der Waals surface area contributed by atoms with Crippen LogP contribution >= 0.6 is 24.0 Å². The smallest absolute Gasteiger partial charge is 0.422 e. The minimum Gasteiger partial charge on any atom is -0.482 e. The first-order valence-electron chi connectivity index (χ1n) is 6.30. The lowest BCUT2D eigenvalue weighted by molar-refractivity contribution is -0.153. The van der Waals surface area contributed by atoms with Gasteiger partial charge in [0.15, 0.2) is 6.61 Å². The normalized spacial score (nSPS) is 10.8. The number of benzene rings is 1. The summed E-state index contributed by atoms with van der Waals surface area (Å²) in [7, 11) is 1.53. The van der Waals surface area contributed by atoms with Crippen LogP contribution in [0.25, 0.3) is 0 Å². The van der Waals surface area contributed by atoms with Crippen LogP contribution in [0.3, 0.4) is 0 Å². The summed E-state index contributed by atoms with van der Waals surface area (Å²) in [6.45, 7) is -0.566. The predicted molar refractivity (Wildman–Crippen MR) is 83.6 cm³/mol. The fourth-order valence-electron chi connectivity index (χ4n) is 1.45. The highest BCUT2D eigenvalue weighted by atomic mass is 35.5. The van der Waals surface area contributed by atoms with Gasteiger partial charge in [0.25, 0.3) is 0 Å². The first kappa shape index (κ1) is 21.8. The summed E-state index contributed by atoms with van der Waals surface area (Å²) >= 11 is 5.72.